The van der Waals surface area contributed by atoms with Crippen LogP contribution < -0.4 is 5.32 Å². The summed E-state index contributed by atoms with van der Waals surface area (Å²) in [7, 11) is 3.86. The molecular weight excluding hydrogens is 278 g/mol. The zero-order valence-electron chi connectivity index (χ0n) is 11.3. The Morgan fingerprint density at radius 3 is 2.80 bits per heavy atom. The van der Waals surface area contributed by atoms with E-state index in [0.29, 0.717) is 17.4 Å². The highest BCUT2D eigenvalue weighted by Crippen LogP contribution is 2.17. The van der Waals surface area contributed by atoms with Gasteiger partial charge in [-0.1, -0.05) is 17.7 Å². The molecule has 20 heavy (non-hydrogen) atoms. The number of amides is 1. The predicted molar refractivity (Wildman–Crippen MR) is 76.7 cm³/mol. The highest BCUT2D eigenvalue weighted by molar-refractivity contribution is 6.29. The Balaban J connectivity index is 2.01. The average molecular weight is 294 g/mol. The zero-order chi connectivity index (χ0) is 14.5. The van der Waals surface area contributed by atoms with Crippen LogP contribution in [0, 0.1) is 0 Å². The number of nitrogens with zero attached hydrogens (tertiary/aromatic N) is 2. The number of hydrogen-bond acceptors (Lipinski definition) is 4. The number of likely N-dealkylation sites (N-methyl/N-ethyl adjacent to an activating group) is 1. The molecule has 106 valence electrons. The van der Waals surface area contributed by atoms with Crippen LogP contribution in [0.25, 0.3) is 0 Å². The second-order valence-electron chi connectivity index (χ2n) is 4.55. The maximum atomic E-state index is 12.0. The summed E-state index contributed by atoms with van der Waals surface area (Å²) in [5.41, 5.74) is 0.300. The van der Waals surface area contributed by atoms with Crippen molar-refractivity contribution in [3.05, 3.63) is 53.2 Å². The normalized spacial score (nSPS) is 12.4. The lowest BCUT2D eigenvalue weighted by atomic mass is 10.2. The first-order chi connectivity index (χ1) is 9.58. The van der Waals surface area contributed by atoms with Gasteiger partial charge < -0.3 is 9.73 Å². The summed E-state index contributed by atoms with van der Waals surface area (Å²) < 4.78 is 5.38. The molecule has 0 aliphatic carbocycles. The molecule has 0 saturated heterocycles. The molecule has 2 rings (SSSR count). The molecule has 2 aromatic heterocycles. The number of hydrogen-bond donors (Lipinski definition) is 1. The van der Waals surface area contributed by atoms with Crippen molar-refractivity contribution in [1.82, 2.24) is 15.2 Å². The second-order valence-corrected chi connectivity index (χ2v) is 4.94. The van der Waals surface area contributed by atoms with Gasteiger partial charge in [0, 0.05) is 6.54 Å². The van der Waals surface area contributed by atoms with Gasteiger partial charge in [-0.3, -0.25) is 9.69 Å². The smallest absolute Gasteiger partial charge is 0.270 e. The number of furan rings is 1. The summed E-state index contributed by atoms with van der Waals surface area (Å²) in [6.45, 7) is 0.424. The van der Waals surface area contributed by atoms with E-state index in [9.17, 15) is 4.79 Å². The van der Waals surface area contributed by atoms with Crippen LogP contribution in [0.4, 0.5) is 0 Å². The molecule has 6 heteroatoms. The highest BCUT2D eigenvalue weighted by atomic mass is 35.5. The predicted octanol–water partition coefficient (Wildman–Crippen LogP) is 2.36. The minimum atomic E-state index is -0.258. The molecular formula is C14H16ClN3O2. The summed E-state index contributed by atoms with van der Waals surface area (Å²) in [5.74, 6) is 0.542. The molecule has 1 atom stereocenters. The van der Waals surface area contributed by atoms with E-state index in [1.165, 1.54) is 0 Å². The Kier molecular flexibility index (Phi) is 4.76. The minimum Gasteiger partial charge on any atom is -0.468 e. The molecule has 0 fully saturated rings. The average Bonchev–Trinajstić information content (AvgIpc) is 2.92. The molecule has 1 unspecified atom stereocenters. The molecule has 0 spiro atoms. The maximum absolute atomic E-state index is 12.0. The summed E-state index contributed by atoms with van der Waals surface area (Å²) in [6.07, 6.45) is 1.62. The molecule has 2 heterocycles. The molecule has 1 N–H and O–H groups in total. The van der Waals surface area contributed by atoms with E-state index in [1.807, 2.05) is 31.1 Å². The standard InChI is InChI=1S/C14H16ClN3O2/c1-18(2)11(12-6-4-8-20-12)9-16-14(19)10-5-3-7-13(15)17-10/h3-8,11H,9H2,1-2H3,(H,16,19). The van der Waals surface area contributed by atoms with Gasteiger partial charge in [0.05, 0.1) is 12.3 Å². The Labute approximate surface area is 122 Å². The fraction of sp³-hybridized carbons (Fsp3) is 0.286. The monoisotopic (exact) mass is 293 g/mol. The molecule has 0 saturated carbocycles. The van der Waals surface area contributed by atoms with Crippen LogP contribution in [-0.2, 0) is 0 Å². The van der Waals surface area contributed by atoms with E-state index >= 15 is 0 Å². The maximum Gasteiger partial charge on any atom is 0.270 e. The van der Waals surface area contributed by atoms with E-state index in [2.05, 4.69) is 10.3 Å². The van der Waals surface area contributed by atoms with Crippen LogP contribution in [-0.4, -0.2) is 36.4 Å². The van der Waals surface area contributed by atoms with Gasteiger partial charge in [-0.15, -0.1) is 0 Å². The lowest BCUT2D eigenvalue weighted by molar-refractivity contribution is 0.0934. The van der Waals surface area contributed by atoms with Crippen molar-refractivity contribution in [2.45, 2.75) is 6.04 Å². The van der Waals surface area contributed by atoms with Gasteiger partial charge in [0.25, 0.3) is 5.91 Å². The first-order valence-corrected chi connectivity index (χ1v) is 6.56. The largest absolute Gasteiger partial charge is 0.468 e. The molecule has 0 aromatic carbocycles. The number of rotatable bonds is 5. The fourth-order valence-electron chi connectivity index (χ4n) is 1.83. The summed E-state index contributed by atoms with van der Waals surface area (Å²) in [4.78, 5) is 18.0. The number of aromatic nitrogens is 1. The van der Waals surface area contributed by atoms with Crippen LogP contribution in [0.3, 0.4) is 0 Å². The number of halogens is 1. The van der Waals surface area contributed by atoms with Crippen LogP contribution in [0.5, 0.6) is 0 Å². The van der Waals surface area contributed by atoms with Gasteiger partial charge >= 0.3 is 0 Å². The number of carbonyl (C=O) groups is 1. The summed E-state index contributed by atoms with van der Waals surface area (Å²) in [5, 5.41) is 3.13. The van der Waals surface area contributed by atoms with E-state index < -0.39 is 0 Å². The SMILES string of the molecule is CN(C)C(CNC(=O)c1cccc(Cl)n1)c1ccco1. The lowest BCUT2D eigenvalue weighted by Crippen LogP contribution is -2.34. The number of carbonyl (C=O) groups excluding carboxylic acids is 1. The van der Waals surface area contributed by atoms with E-state index in [4.69, 9.17) is 16.0 Å². The minimum absolute atomic E-state index is 0.0341. The van der Waals surface area contributed by atoms with Crippen molar-refractivity contribution < 1.29 is 9.21 Å². The Morgan fingerprint density at radius 1 is 1.40 bits per heavy atom. The quantitative estimate of drug-likeness (QED) is 0.860. The van der Waals surface area contributed by atoms with Gasteiger partial charge in [-0.05, 0) is 38.4 Å². The van der Waals surface area contributed by atoms with Gasteiger partial charge in [0.2, 0.25) is 0 Å². The molecule has 0 radical (unpaired) electrons. The van der Waals surface area contributed by atoms with Crippen molar-refractivity contribution in [2.24, 2.45) is 0 Å². The van der Waals surface area contributed by atoms with Gasteiger partial charge in [0.1, 0.15) is 16.6 Å². The Morgan fingerprint density at radius 2 is 2.20 bits per heavy atom. The van der Waals surface area contributed by atoms with Gasteiger partial charge in [-0.25, -0.2) is 4.98 Å². The zero-order valence-corrected chi connectivity index (χ0v) is 12.1. The molecule has 2 aromatic rings. The number of pyridine rings is 1. The van der Waals surface area contributed by atoms with Crippen molar-refractivity contribution in [2.75, 3.05) is 20.6 Å². The van der Waals surface area contributed by atoms with Crippen molar-refractivity contribution >= 4 is 17.5 Å². The highest BCUT2D eigenvalue weighted by Gasteiger charge is 2.18. The van der Waals surface area contributed by atoms with Crippen molar-refractivity contribution in [3.8, 4) is 0 Å². The Bertz CT molecular complexity index is 570. The third-order valence-electron chi connectivity index (χ3n) is 2.90. The van der Waals surface area contributed by atoms with Crippen molar-refractivity contribution in [3.63, 3.8) is 0 Å². The van der Waals surface area contributed by atoms with Gasteiger partial charge in [0.15, 0.2) is 0 Å². The van der Waals surface area contributed by atoms with Crippen LogP contribution in [0.1, 0.15) is 22.3 Å². The topological polar surface area (TPSA) is 58.4 Å². The first-order valence-electron chi connectivity index (χ1n) is 6.18. The molecule has 0 bridgehead atoms. The summed E-state index contributed by atoms with van der Waals surface area (Å²) >= 11 is 5.77. The molecule has 1 amide bonds. The first kappa shape index (κ1) is 14.6. The number of nitrogens with one attached hydrogen (secondary N) is 1. The Hall–Kier alpha value is -1.85. The van der Waals surface area contributed by atoms with Gasteiger partial charge in [-0.2, -0.15) is 0 Å². The van der Waals surface area contributed by atoms with Crippen LogP contribution in [0.2, 0.25) is 5.15 Å². The van der Waals surface area contributed by atoms with Crippen LogP contribution >= 0.6 is 11.6 Å². The fourth-order valence-corrected chi connectivity index (χ4v) is 2.00. The second kappa shape index (κ2) is 6.54. The van der Waals surface area contributed by atoms with Crippen molar-refractivity contribution in [1.29, 1.82) is 0 Å². The third kappa shape index (κ3) is 3.59. The molecule has 0 aliphatic heterocycles. The van der Waals surface area contributed by atoms with E-state index in [-0.39, 0.29) is 11.9 Å². The van der Waals surface area contributed by atoms with E-state index in [0.717, 1.165) is 5.76 Å². The lowest BCUT2D eigenvalue weighted by Gasteiger charge is -2.22. The third-order valence-corrected chi connectivity index (χ3v) is 3.11. The van der Waals surface area contributed by atoms with Crippen LogP contribution in [0.15, 0.2) is 41.0 Å². The van der Waals surface area contributed by atoms with E-state index in [1.54, 1.807) is 24.5 Å². The summed E-state index contributed by atoms with van der Waals surface area (Å²) in [6, 6.07) is 8.62. The molecule has 5 nitrogen and oxygen atoms in total. The molecule has 0 aliphatic rings.